The van der Waals surface area contributed by atoms with E-state index in [4.69, 9.17) is 5.26 Å². The van der Waals surface area contributed by atoms with Gasteiger partial charge in [-0.05, 0) is 6.42 Å². The maximum Gasteiger partial charge on any atom is 2.00 e. The van der Waals surface area contributed by atoms with E-state index >= 15 is 0 Å². The first-order chi connectivity index (χ1) is 4.31. The molecule has 1 N–H and O–H groups in total. The Balaban J connectivity index is 0. The molecule has 0 spiro atoms. The molecule has 0 aliphatic rings. The van der Waals surface area contributed by atoms with Crippen molar-refractivity contribution in [2.24, 2.45) is 0 Å². The molecular formula is C6H12O3Ti+2. The largest absolute Gasteiger partial charge is 2.00 e. The molecule has 0 saturated carbocycles. The predicted molar refractivity (Wildman–Crippen MR) is 32.9 cm³/mol. The van der Waals surface area contributed by atoms with E-state index in [0.29, 0.717) is 6.42 Å². The first-order valence-corrected chi connectivity index (χ1v) is 3.15. The molecule has 0 radical (unpaired) electrons. The Morgan fingerprint density at radius 3 is 2.50 bits per heavy atom. The van der Waals surface area contributed by atoms with Crippen molar-refractivity contribution in [3.8, 4) is 0 Å². The van der Waals surface area contributed by atoms with Crippen LogP contribution in [-0.4, -0.2) is 11.2 Å². The summed E-state index contributed by atoms with van der Waals surface area (Å²) >= 11 is 0. The smallest absolute Gasteiger partial charge is 0.301 e. The van der Waals surface area contributed by atoms with Crippen LogP contribution in [0.5, 0.6) is 0 Å². The second-order valence-corrected chi connectivity index (χ2v) is 1.92. The van der Waals surface area contributed by atoms with Gasteiger partial charge in [-0.3, -0.25) is 0 Å². The van der Waals surface area contributed by atoms with Crippen molar-refractivity contribution in [1.82, 2.24) is 0 Å². The molecular weight excluding hydrogens is 168 g/mol. The Morgan fingerprint density at radius 1 is 1.50 bits per heavy atom. The van der Waals surface area contributed by atoms with Crippen LogP contribution in [0, 0.1) is 0 Å². The van der Waals surface area contributed by atoms with Crippen LogP contribution in [0.2, 0.25) is 0 Å². The zero-order valence-electron chi connectivity index (χ0n) is 6.09. The van der Waals surface area contributed by atoms with E-state index in [1.807, 2.05) is 6.92 Å². The number of carbonyl (C=O) groups is 1. The minimum Gasteiger partial charge on any atom is -0.301 e. The van der Waals surface area contributed by atoms with Crippen LogP contribution in [0.4, 0.5) is 0 Å². The van der Waals surface area contributed by atoms with Crippen LogP contribution in [-0.2, 0) is 31.4 Å². The van der Waals surface area contributed by atoms with Gasteiger partial charge in [-0.2, -0.15) is 5.26 Å². The second kappa shape index (κ2) is 9.14. The molecule has 0 aliphatic heterocycles. The molecule has 0 rings (SSSR count). The summed E-state index contributed by atoms with van der Waals surface area (Å²) < 4.78 is 0. The maximum atomic E-state index is 10.2. The number of hydrogen-bond donors (Lipinski definition) is 1. The van der Waals surface area contributed by atoms with Gasteiger partial charge in [0.1, 0.15) is 0 Å². The number of unbranched alkanes of at least 4 members (excludes halogenated alkanes) is 2. The molecule has 0 saturated heterocycles. The summed E-state index contributed by atoms with van der Waals surface area (Å²) in [6, 6.07) is 0. The van der Waals surface area contributed by atoms with Crippen molar-refractivity contribution >= 4 is 5.97 Å². The zero-order chi connectivity index (χ0) is 7.11. The third kappa shape index (κ3) is 8.14. The average molecular weight is 180 g/mol. The molecule has 4 heteroatoms. The minimum absolute atomic E-state index is 0. The normalized spacial score (nSPS) is 8.20. The number of carbonyl (C=O) groups excluding carboxylic acids is 1. The first-order valence-electron chi connectivity index (χ1n) is 3.15. The van der Waals surface area contributed by atoms with E-state index < -0.39 is 5.97 Å². The molecule has 56 valence electrons. The van der Waals surface area contributed by atoms with E-state index in [2.05, 4.69) is 4.89 Å². The summed E-state index contributed by atoms with van der Waals surface area (Å²) in [4.78, 5) is 13.7. The Morgan fingerprint density at radius 2 is 2.10 bits per heavy atom. The van der Waals surface area contributed by atoms with E-state index in [-0.39, 0.29) is 21.7 Å². The van der Waals surface area contributed by atoms with Crippen molar-refractivity contribution in [3.63, 3.8) is 0 Å². The van der Waals surface area contributed by atoms with E-state index in [1.165, 1.54) is 0 Å². The summed E-state index contributed by atoms with van der Waals surface area (Å²) in [6.07, 6.45) is 3.20. The fraction of sp³-hybridized carbons (Fsp3) is 0.833. The summed E-state index contributed by atoms with van der Waals surface area (Å²) in [6.45, 7) is 2.05. The van der Waals surface area contributed by atoms with Crippen molar-refractivity contribution < 1.29 is 36.7 Å². The van der Waals surface area contributed by atoms with Crippen molar-refractivity contribution in [2.45, 2.75) is 32.6 Å². The van der Waals surface area contributed by atoms with Crippen LogP contribution in [0.1, 0.15) is 32.6 Å². The van der Waals surface area contributed by atoms with E-state index in [1.54, 1.807) is 0 Å². The van der Waals surface area contributed by atoms with E-state index in [9.17, 15) is 4.79 Å². The summed E-state index contributed by atoms with van der Waals surface area (Å²) in [5.74, 6) is -0.538. The van der Waals surface area contributed by atoms with E-state index in [0.717, 1.165) is 19.3 Å². The SMILES string of the molecule is CCCCCC(=O)OO.[Ti+2]. The molecule has 3 nitrogen and oxygen atoms in total. The van der Waals surface area contributed by atoms with Gasteiger partial charge in [-0.15, -0.1) is 0 Å². The van der Waals surface area contributed by atoms with Gasteiger partial charge in [0.15, 0.2) is 0 Å². The molecule has 0 bridgehead atoms. The van der Waals surface area contributed by atoms with Crippen molar-refractivity contribution in [2.75, 3.05) is 0 Å². The van der Waals surface area contributed by atoms with Crippen LogP contribution in [0.3, 0.4) is 0 Å². The molecule has 10 heavy (non-hydrogen) atoms. The molecule has 0 amide bonds. The summed E-state index contributed by atoms with van der Waals surface area (Å²) in [5, 5.41) is 7.78. The van der Waals surface area contributed by atoms with Gasteiger partial charge in [0.25, 0.3) is 0 Å². The Kier molecular flexibility index (Phi) is 11.7. The molecule has 0 aromatic rings. The second-order valence-electron chi connectivity index (χ2n) is 1.92. The van der Waals surface area contributed by atoms with Crippen molar-refractivity contribution in [1.29, 1.82) is 0 Å². The number of hydrogen-bond acceptors (Lipinski definition) is 3. The monoisotopic (exact) mass is 180 g/mol. The quantitative estimate of drug-likeness (QED) is 0.309. The van der Waals surface area contributed by atoms with Gasteiger partial charge in [-0.1, -0.05) is 19.8 Å². The average Bonchev–Trinajstić information content (AvgIpc) is 1.89. The first kappa shape index (κ1) is 12.8. The van der Waals surface area contributed by atoms with Crippen LogP contribution < -0.4 is 0 Å². The Bertz CT molecular complexity index is 85.1. The zero-order valence-corrected chi connectivity index (χ0v) is 7.65. The minimum atomic E-state index is -0.538. The van der Waals surface area contributed by atoms with Gasteiger partial charge in [0, 0.05) is 6.42 Å². The molecule has 0 heterocycles. The van der Waals surface area contributed by atoms with Crippen LogP contribution in [0.25, 0.3) is 0 Å². The number of rotatable bonds is 4. The Labute approximate surface area is 75.6 Å². The van der Waals surface area contributed by atoms with Gasteiger partial charge >= 0.3 is 27.7 Å². The molecule has 0 aliphatic carbocycles. The predicted octanol–water partition coefficient (Wildman–Crippen LogP) is 1.58. The maximum absolute atomic E-state index is 10.2. The van der Waals surface area contributed by atoms with Gasteiger partial charge in [-0.25, -0.2) is 4.79 Å². The third-order valence-corrected chi connectivity index (χ3v) is 1.09. The molecule has 0 fully saturated rings. The van der Waals surface area contributed by atoms with Gasteiger partial charge in [0.2, 0.25) is 0 Å². The fourth-order valence-corrected chi connectivity index (χ4v) is 0.565. The van der Waals surface area contributed by atoms with Crippen LogP contribution >= 0.6 is 0 Å². The van der Waals surface area contributed by atoms with Crippen molar-refractivity contribution in [3.05, 3.63) is 0 Å². The molecule has 0 aromatic carbocycles. The third-order valence-electron chi connectivity index (χ3n) is 1.09. The van der Waals surface area contributed by atoms with Gasteiger partial charge < -0.3 is 4.89 Å². The molecule has 0 aromatic heterocycles. The van der Waals surface area contributed by atoms with Crippen LogP contribution in [0.15, 0.2) is 0 Å². The topological polar surface area (TPSA) is 46.5 Å². The summed E-state index contributed by atoms with van der Waals surface area (Å²) in [7, 11) is 0. The standard InChI is InChI=1S/C6H12O3.Ti/c1-2-3-4-5-6(7)9-8;/h8H,2-5H2,1H3;/q;+2. The fourth-order valence-electron chi connectivity index (χ4n) is 0.565. The Hall–Kier alpha value is 0.144. The van der Waals surface area contributed by atoms with Gasteiger partial charge in [0.05, 0.1) is 0 Å². The molecule has 0 unspecified atom stereocenters. The molecule has 0 atom stereocenters. The summed E-state index contributed by atoms with van der Waals surface area (Å²) in [5.41, 5.74) is 0.